The SMILES string of the molecule is CCNC(=O)c1cccc(NC(=O)c2cccc(C(=O)OC)c2)c1. The minimum Gasteiger partial charge on any atom is -0.465 e. The first-order chi connectivity index (χ1) is 11.5. The Morgan fingerprint density at radius 2 is 1.54 bits per heavy atom. The van der Waals surface area contributed by atoms with Gasteiger partial charge in [-0.1, -0.05) is 12.1 Å². The van der Waals surface area contributed by atoms with Crippen molar-refractivity contribution in [1.82, 2.24) is 5.32 Å². The predicted molar refractivity (Wildman–Crippen MR) is 90.2 cm³/mol. The second-order valence-corrected chi connectivity index (χ2v) is 4.97. The normalized spacial score (nSPS) is 9.92. The molecule has 0 aliphatic carbocycles. The van der Waals surface area contributed by atoms with Crippen molar-refractivity contribution in [3.63, 3.8) is 0 Å². The van der Waals surface area contributed by atoms with E-state index in [9.17, 15) is 14.4 Å². The number of amides is 2. The van der Waals surface area contributed by atoms with Gasteiger partial charge < -0.3 is 15.4 Å². The van der Waals surface area contributed by atoms with Gasteiger partial charge in [-0.25, -0.2) is 4.79 Å². The fourth-order valence-corrected chi connectivity index (χ4v) is 2.11. The summed E-state index contributed by atoms with van der Waals surface area (Å²) < 4.78 is 4.64. The second kappa shape index (κ2) is 7.92. The maximum atomic E-state index is 12.3. The number of hydrogen-bond acceptors (Lipinski definition) is 4. The first kappa shape index (κ1) is 17.2. The summed E-state index contributed by atoms with van der Waals surface area (Å²) in [6.07, 6.45) is 0. The van der Waals surface area contributed by atoms with Gasteiger partial charge in [-0.2, -0.15) is 0 Å². The molecule has 124 valence electrons. The van der Waals surface area contributed by atoms with Gasteiger partial charge >= 0.3 is 5.97 Å². The highest BCUT2D eigenvalue weighted by Crippen LogP contribution is 2.14. The van der Waals surface area contributed by atoms with Crippen LogP contribution in [0.25, 0.3) is 0 Å². The molecule has 0 fully saturated rings. The number of ether oxygens (including phenoxy) is 1. The molecular formula is C18H18N2O4. The van der Waals surface area contributed by atoms with E-state index >= 15 is 0 Å². The van der Waals surface area contributed by atoms with Crippen LogP contribution in [0.2, 0.25) is 0 Å². The Morgan fingerprint density at radius 1 is 0.917 bits per heavy atom. The van der Waals surface area contributed by atoms with Crippen LogP contribution in [0.1, 0.15) is 38.0 Å². The summed E-state index contributed by atoms with van der Waals surface area (Å²) >= 11 is 0. The van der Waals surface area contributed by atoms with Crippen molar-refractivity contribution < 1.29 is 19.1 Å². The van der Waals surface area contributed by atoms with E-state index in [1.165, 1.54) is 13.2 Å². The molecule has 0 spiro atoms. The molecule has 0 aliphatic rings. The molecule has 0 heterocycles. The highest BCUT2D eigenvalue weighted by Gasteiger charge is 2.12. The molecule has 0 aliphatic heterocycles. The zero-order chi connectivity index (χ0) is 17.5. The maximum Gasteiger partial charge on any atom is 0.337 e. The predicted octanol–water partition coefficient (Wildman–Crippen LogP) is 2.48. The lowest BCUT2D eigenvalue weighted by atomic mass is 10.1. The average Bonchev–Trinajstić information content (AvgIpc) is 2.61. The summed E-state index contributed by atoms with van der Waals surface area (Å²) in [5.74, 6) is -1.10. The third-order valence-corrected chi connectivity index (χ3v) is 3.27. The standard InChI is InChI=1S/C18H18N2O4/c1-3-19-16(21)13-7-5-9-15(11-13)20-17(22)12-6-4-8-14(10-12)18(23)24-2/h4-11H,3H2,1-2H3,(H,19,21)(H,20,22). The Labute approximate surface area is 139 Å². The summed E-state index contributed by atoms with van der Waals surface area (Å²) in [7, 11) is 1.28. The second-order valence-electron chi connectivity index (χ2n) is 4.97. The van der Waals surface area contributed by atoms with Crippen LogP contribution in [0, 0.1) is 0 Å². The molecule has 0 unspecified atom stereocenters. The Bertz CT molecular complexity index is 771. The molecule has 0 saturated heterocycles. The van der Waals surface area contributed by atoms with Crippen LogP contribution in [0.15, 0.2) is 48.5 Å². The van der Waals surface area contributed by atoms with Gasteiger partial charge in [0.2, 0.25) is 0 Å². The number of anilines is 1. The molecule has 0 atom stereocenters. The molecular weight excluding hydrogens is 308 g/mol. The van der Waals surface area contributed by atoms with Crippen LogP contribution in [0.5, 0.6) is 0 Å². The molecule has 6 heteroatoms. The first-order valence-corrected chi connectivity index (χ1v) is 7.43. The van der Waals surface area contributed by atoms with Gasteiger partial charge in [0.1, 0.15) is 0 Å². The number of benzene rings is 2. The molecule has 2 aromatic rings. The van der Waals surface area contributed by atoms with Crippen LogP contribution in [0.4, 0.5) is 5.69 Å². The zero-order valence-electron chi connectivity index (χ0n) is 13.5. The van der Waals surface area contributed by atoms with E-state index in [-0.39, 0.29) is 11.8 Å². The van der Waals surface area contributed by atoms with Crippen molar-refractivity contribution in [2.45, 2.75) is 6.92 Å². The third kappa shape index (κ3) is 4.19. The molecule has 2 N–H and O–H groups in total. The lowest BCUT2D eigenvalue weighted by Crippen LogP contribution is -2.22. The van der Waals surface area contributed by atoms with Crippen molar-refractivity contribution in [2.24, 2.45) is 0 Å². The topological polar surface area (TPSA) is 84.5 Å². The molecule has 6 nitrogen and oxygen atoms in total. The molecule has 0 saturated carbocycles. The number of hydrogen-bond donors (Lipinski definition) is 2. The van der Waals surface area contributed by atoms with Crippen LogP contribution >= 0.6 is 0 Å². The fourth-order valence-electron chi connectivity index (χ4n) is 2.11. The highest BCUT2D eigenvalue weighted by atomic mass is 16.5. The van der Waals surface area contributed by atoms with Crippen molar-refractivity contribution >= 4 is 23.5 Å². The Morgan fingerprint density at radius 3 is 2.21 bits per heavy atom. The molecule has 24 heavy (non-hydrogen) atoms. The average molecular weight is 326 g/mol. The number of nitrogens with one attached hydrogen (secondary N) is 2. The summed E-state index contributed by atoms with van der Waals surface area (Å²) in [4.78, 5) is 35.7. The van der Waals surface area contributed by atoms with Gasteiger partial charge in [0.25, 0.3) is 11.8 Å². The Balaban J connectivity index is 2.16. The first-order valence-electron chi connectivity index (χ1n) is 7.43. The summed E-state index contributed by atoms with van der Waals surface area (Å²) in [5.41, 5.74) is 1.56. The molecule has 2 aromatic carbocycles. The summed E-state index contributed by atoms with van der Waals surface area (Å²) in [6.45, 7) is 2.35. The van der Waals surface area contributed by atoms with Crippen LogP contribution < -0.4 is 10.6 Å². The van der Waals surface area contributed by atoms with Gasteiger partial charge in [0.05, 0.1) is 12.7 Å². The van der Waals surface area contributed by atoms with E-state index in [1.807, 2.05) is 6.92 Å². The molecule has 0 aromatic heterocycles. The maximum absolute atomic E-state index is 12.3. The van der Waals surface area contributed by atoms with Crippen LogP contribution in [-0.4, -0.2) is 31.4 Å². The van der Waals surface area contributed by atoms with Gasteiger partial charge in [0, 0.05) is 23.4 Å². The van der Waals surface area contributed by atoms with Crippen molar-refractivity contribution in [3.05, 3.63) is 65.2 Å². The van der Waals surface area contributed by atoms with E-state index in [4.69, 9.17) is 0 Å². The minimum atomic E-state index is -0.511. The lowest BCUT2D eigenvalue weighted by Gasteiger charge is -2.08. The smallest absolute Gasteiger partial charge is 0.337 e. The summed E-state index contributed by atoms with van der Waals surface area (Å²) in [5, 5.41) is 5.41. The minimum absolute atomic E-state index is 0.207. The third-order valence-electron chi connectivity index (χ3n) is 3.27. The van der Waals surface area contributed by atoms with E-state index in [2.05, 4.69) is 15.4 Å². The van der Waals surface area contributed by atoms with Crippen molar-refractivity contribution in [2.75, 3.05) is 19.0 Å². The van der Waals surface area contributed by atoms with Crippen LogP contribution in [0.3, 0.4) is 0 Å². The van der Waals surface area contributed by atoms with Crippen LogP contribution in [-0.2, 0) is 4.74 Å². The molecule has 0 radical (unpaired) electrons. The van der Waals surface area contributed by atoms with E-state index in [1.54, 1.807) is 42.5 Å². The highest BCUT2D eigenvalue weighted by molar-refractivity contribution is 6.06. The number of methoxy groups -OCH3 is 1. The lowest BCUT2D eigenvalue weighted by molar-refractivity contribution is 0.0600. The quantitative estimate of drug-likeness (QED) is 0.827. The van der Waals surface area contributed by atoms with E-state index < -0.39 is 5.97 Å². The Hall–Kier alpha value is -3.15. The summed E-state index contributed by atoms with van der Waals surface area (Å²) in [6, 6.07) is 12.8. The van der Waals surface area contributed by atoms with E-state index in [0.29, 0.717) is 28.9 Å². The molecule has 2 amide bonds. The van der Waals surface area contributed by atoms with Gasteiger partial charge in [-0.05, 0) is 43.3 Å². The van der Waals surface area contributed by atoms with Gasteiger partial charge in [-0.3, -0.25) is 9.59 Å². The van der Waals surface area contributed by atoms with Crippen molar-refractivity contribution in [1.29, 1.82) is 0 Å². The number of rotatable bonds is 5. The zero-order valence-corrected chi connectivity index (χ0v) is 13.5. The fraction of sp³-hybridized carbons (Fsp3) is 0.167. The monoisotopic (exact) mass is 326 g/mol. The number of carbonyl (C=O) groups excluding carboxylic acids is 3. The van der Waals surface area contributed by atoms with Crippen molar-refractivity contribution in [3.8, 4) is 0 Å². The number of esters is 1. The molecule has 0 bridgehead atoms. The molecule has 2 rings (SSSR count). The number of carbonyl (C=O) groups is 3. The van der Waals surface area contributed by atoms with Gasteiger partial charge in [-0.15, -0.1) is 0 Å². The van der Waals surface area contributed by atoms with Gasteiger partial charge in [0.15, 0.2) is 0 Å². The Kier molecular flexibility index (Phi) is 5.68. The van der Waals surface area contributed by atoms with E-state index in [0.717, 1.165) is 0 Å². The largest absolute Gasteiger partial charge is 0.465 e.